The maximum absolute atomic E-state index is 6.23. The van der Waals surface area contributed by atoms with Gasteiger partial charge >= 0.3 is 0 Å². The average molecular weight is 335 g/mol. The number of fused-ring (bicyclic) bond motifs is 1. The largest absolute Gasteiger partial charge is 0.228 e. The van der Waals surface area contributed by atoms with E-state index in [9.17, 15) is 0 Å². The van der Waals surface area contributed by atoms with Gasteiger partial charge in [-0.15, -0.1) is 11.3 Å². The Labute approximate surface area is 132 Å². The molecule has 0 bridgehead atoms. The quantitative estimate of drug-likeness (QED) is 0.308. The van der Waals surface area contributed by atoms with Crippen LogP contribution in [0.3, 0.4) is 0 Å². The summed E-state index contributed by atoms with van der Waals surface area (Å²) in [6, 6.07) is 8.07. The van der Waals surface area contributed by atoms with Crippen molar-refractivity contribution < 1.29 is 0 Å². The van der Waals surface area contributed by atoms with Gasteiger partial charge in [-0.25, -0.2) is 9.71 Å². The van der Waals surface area contributed by atoms with Crippen molar-refractivity contribution in [3.63, 3.8) is 0 Å². The Morgan fingerprint density at radius 1 is 1.32 bits per heavy atom. The van der Waals surface area contributed by atoms with E-state index in [1.54, 1.807) is 11.3 Å². The van der Waals surface area contributed by atoms with E-state index in [1.165, 1.54) is 16.6 Å². The van der Waals surface area contributed by atoms with Crippen LogP contribution in [0.5, 0.6) is 0 Å². The van der Waals surface area contributed by atoms with Gasteiger partial charge in [-0.1, -0.05) is 55.1 Å². The number of nitrogens with zero attached hydrogens (tertiary/aromatic N) is 1. The number of hydrogen-bond donors (Lipinski definition) is 1. The minimum Gasteiger partial charge on any atom is -0.228 e. The molecule has 0 spiro atoms. The van der Waals surface area contributed by atoms with Crippen molar-refractivity contribution in [2.45, 2.75) is 41.4 Å². The summed E-state index contributed by atoms with van der Waals surface area (Å²) in [6.45, 7) is 2.16. The van der Waals surface area contributed by atoms with Gasteiger partial charge in [-0.3, -0.25) is 0 Å². The predicted molar refractivity (Wildman–Crippen MR) is 87.2 cm³/mol. The molecule has 0 atom stereocenters. The van der Waals surface area contributed by atoms with Gasteiger partial charge < -0.3 is 0 Å². The molecule has 0 unspecified atom stereocenters. The van der Waals surface area contributed by atoms with E-state index in [4.69, 9.17) is 23.2 Å². The highest BCUT2D eigenvalue weighted by atomic mass is 35.5. The van der Waals surface area contributed by atoms with Gasteiger partial charge in [0.05, 0.1) is 10.2 Å². The van der Waals surface area contributed by atoms with Crippen molar-refractivity contribution >= 4 is 56.7 Å². The lowest BCUT2D eigenvalue weighted by atomic mass is 10.2. The lowest BCUT2D eigenvalue weighted by Gasteiger charge is -2.19. The van der Waals surface area contributed by atoms with Crippen LogP contribution in [0, 0.1) is 0 Å². The molecule has 0 aliphatic heterocycles. The Balaban J connectivity index is 1.90. The Morgan fingerprint density at radius 3 is 2.84 bits per heavy atom. The van der Waals surface area contributed by atoms with Gasteiger partial charge in [0.25, 0.3) is 0 Å². The van der Waals surface area contributed by atoms with Crippen LogP contribution in [0.25, 0.3) is 10.2 Å². The molecule has 2 rings (SSSR count). The molecule has 1 aromatic heterocycles. The van der Waals surface area contributed by atoms with E-state index >= 15 is 0 Å². The van der Waals surface area contributed by atoms with Gasteiger partial charge in [0, 0.05) is 0 Å². The first-order chi connectivity index (χ1) is 9.11. The molecule has 0 saturated heterocycles. The highest BCUT2D eigenvalue weighted by molar-refractivity contribution is 7.99. The van der Waals surface area contributed by atoms with Crippen molar-refractivity contribution in [1.29, 1.82) is 0 Å². The van der Waals surface area contributed by atoms with E-state index in [0.29, 0.717) is 0 Å². The van der Waals surface area contributed by atoms with Crippen LogP contribution in [0.15, 0.2) is 28.6 Å². The molecule has 0 radical (unpaired) electrons. The molecular formula is C13H16Cl2N2S2. The minimum atomic E-state index is -0.891. The zero-order valence-electron chi connectivity index (χ0n) is 10.7. The predicted octanol–water partition coefficient (Wildman–Crippen LogP) is 5.60. The highest BCUT2D eigenvalue weighted by Crippen LogP contribution is 2.33. The van der Waals surface area contributed by atoms with Gasteiger partial charge in [-0.05, 0) is 36.9 Å². The summed E-state index contributed by atoms with van der Waals surface area (Å²) in [5.41, 5.74) is 1.01. The molecule has 0 fully saturated rings. The second kappa shape index (κ2) is 7.14. The second-order valence-electron chi connectivity index (χ2n) is 4.31. The number of thiazole rings is 1. The SMILES string of the molecule is CCCCCC(Cl)(Cl)NSc1nc2ccccc2s1. The number of nitrogens with one attached hydrogen (secondary N) is 1. The van der Waals surface area contributed by atoms with Gasteiger partial charge in [0.15, 0.2) is 8.80 Å². The smallest absolute Gasteiger partial charge is 0.177 e. The Bertz CT molecular complexity index is 495. The second-order valence-corrected chi connectivity index (χ2v) is 7.88. The zero-order chi connectivity index (χ0) is 13.7. The van der Waals surface area contributed by atoms with Crippen LogP contribution in [-0.4, -0.2) is 9.44 Å². The van der Waals surface area contributed by atoms with Crippen LogP contribution in [0.1, 0.15) is 32.6 Å². The highest BCUT2D eigenvalue weighted by Gasteiger charge is 2.23. The molecule has 2 nitrogen and oxygen atoms in total. The molecule has 104 valence electrons. The normalized spacial score (nSPS) is 12.2. The molecule has 0 aliphatic carbocycles. The Morgan fingerprint density at radius 2 is 2.11 bits per heavy atom. The van der Waals surface area contributed by atoms with Crippen LogP contribution in [0.4, 0.5) is 0 Å². The summed E-state index contributed by atoms with van der Waals surface area (Å²) >= 11 is 15.5. The Hall–Kier alpha value is -0.000000000000000194. The molecular weight excluding hydrogens is 319 g/mol. The first-order valence-corrected chi connectivity index (χ1v) is 8.67. The molecule has 1 heterocycles. The van der Waals surface area contributed by atoms with E-state index in [0.717, 1.165) is 35.5 Å². The van der Waals surface area contributed by atoms with E-state index < -0.39 is 4.46 Å². The molecule has 1 aromatic carbocycles. The van der Waals surface area contributed by atoms with Gasteiger partial charge in [-0.2, -0.15) is 0 Å². The third-order valence-electron chi connectivity index (χ3n) is 2.66. The zero-order valence-corrected chi connectivity index (χ0v) is 13.8. The Kier molecular flexibility index (Phi) is 5.78. The number of alkyl halides is 2. The van der Waals surface area contributed by atoms with E-state index in [1.807, 2.05) is 18.2 Å². The van der Waals surface area contributed by atoms with Crippen molar-refractivity contribution in [3.05, 3.63) is 24.3 Å². The number of unbranched alkanes of at least 4 members (excludes halogenated alkanes) is 2. The van der Waals surface area contributed by atoms with Crippen molar-refractivity contribution in [2.75, 3.05) is 0 Å². The number of aromatic nitrogens is 1. The number of halogens is 2. The first kappa shape index (κ1) is 15.4. The van der Waals surface area contributed by atoms with Gasteiger partial charge in [0.1, 0.15) is 0 Å². The average Bonchev–Trinajstić information content (AvgIpc) is 2.79. The van der Waals surface area contributed by atoms with Crippen LogP contribution in [0.2, 0.25) is 0 Å². The molecule has 1 N–H and O–H groups in total. The summed E-state index contributed by atoms with van der Waals surface area (Å²) < 4.78 is 4.31. The fraction of sp³-hybridized carbons (Fsp3) is 0.462. The standard InChI is InChI=1S/C13H16Cl2N2S2/c1-2-3-6-9-13(14,15)17-19-12-16-10-7-4-5-8-11(10)18-12/h4-5,7-8,17H,2-3,6,9H2,1H3. The fourth-order valence-corrected chi connectivity index (χ4v) is 3.90. The summed E-state index contributed by atoms with van der Waals surface area (Å²) in [5, 5.41) is 0. The van der Waals surface area contributed by atoms with Gasteiger partial charge in [0.2, 0.25) is 0 Å². The van der Waals surface area contributed by atoms with Crippen molar-refractivity contribution in [2.24, 2.45) is 0 Å². The maximum Gasteiger partial charge on any atom is 0.177 e. The number of rotatable bonds is 7. The molecule has 2 aromatic rings. The molecule has 0 aliphatic rings. The third kappa shape index (κ3) is 4.80. The van der Waals surface area contributed by atoms with Crippen LogP contribution < -0.4 is 4.72 Å². The number of hydrogen-bond acceptors (Lipinski definition) is 4. The summed E-state index contributed by atoms with van der Waals surface area (Å²) in [5.74, 6) is 0. The molecule has 0 saturated carbocycles. The number of benzene rings is 1. The first-order valence-electron chi connectivity index (χ1n) is 6.28. The van der Waals surface area contributed by atoms with Crippen molar-refractivity contribution in [1.82, 2.24) is 9.71 Å². The maximum atomic E-state index is 6.23. The minimum absolute atomic E-state index is 0.738. The van der Waals surface area contributed by atoms with Crippen LogP contribution >= 0.6 is 46.5 Å². The monoisotopic (exact) mass is 334 g/mol. The third-order valence-corrected chi connectivity index (χ3v) is 5.49. The fourth-order valence-electron chi connectivity index (χ4n) is 1.66. The summed E-state index contributed by atoms with van der Waals surface area (Å²) in [7, 11) is 0. The molecule has 19 heavy (non-hydrogen) atoms. The number of para-hydroxylation sites is 1. The van der Waals surface area contributed by atoms with Crippen LogP contribution in [-0.2, 0) is 0 Å². The summed E-state index contributed by atoms with van der Waals surface area (Å²) in [4.78, 5) is 4.51. The van der Waals surface area contributed by atoms with Crippen molar-refractivity contribution in [3.8, 4) is 0 Å². The lowest BCUT2D eigenvalue weighted by Crippen LogP contribution is -2.28. The van der Waals surface area contributed by atoms with E-state index in [2.05, 4.69) is 22.7 Å². The van der Waals surface area contributed by atoms with E-state index in [-0.39, 0.29) is 0 Å². The summed E-state index contributed by atoms with van der Waals surface area (Å²) in [6.07, 6.45) is 4.07. The lowest BCUT2D eigenvalue weighted by molar-refractivity contribution is 0.600. The molecule has 0 amide bonds. The molecule has 6 heteroatoms. The topological polar surface area (TPSA) is 24.9 Å².